The van der Waals surface area contributed by atoms with E-state index in [9.17, 15) is 4.79 Å². The molecule has 3 rings (SSSR count). The average Bonchev–Trinajstić information content (AvgIpc) is 2.67. The lowest BCUT2D eigenvalue weighted by Gasteiger charge is -2.26. The van der Waals surface area contributed by atoms with Crippen LogP contribution in [0.4, 0.5) is 0 Å². The molecular formula is C12H16ClN3O. The predicted molar refractivity (Wildman–Crippen MR) is 65.0 cm³/mol. The van der Waals surface area contributed by atoms with Gasteiger partial charge < -0.3 is 4.90 Å². The summed E-state index contributed by atoms with van der Waals surface area (Å²) in [5.41, 5.74) is 2.36. The van der Waals surface area contributed by atoms with Gasteiger partial charge >= 0.3 is 0 Å². The number of carbonyl (C=O) groups excluding carboxylic acids is 1. The van der Waals surface area contributed by atoms with Gasteiger partial charge in [0.1, 0.15) is 5.88 Å². The molecule has 0 spiro atoms. The Hall–Kier alpha value is -1.03. The van der Waals surface area contributed by atoms with Gasteiger partial charge in [0.25, 0.3) is 0 Å². The highest BCUT2D eigenvalue weighted by Crippen LogP contribution is 2.36. The van der Waals surface area contributed by atoms with Crippen molar-refractivity contribution in [1.82, 2.24) is 14.7 Å². The van der Waals surface area contributed by atoms with Crippen molar-refractivity contribution in [3.8, 4) is 0 Å². The molecule has 0 saturated heterocycles. The Labute approximate surface area is 106 Å². The summed E-state index contributed by atoms with van der Waals surface area (Å²) < 4.78 is 2.05. The average molecular weight is 254 g/mol. The maximum Gasteiger partial charge on any atom is 0.237 e. The van der Waals surface area contributed by atoms with Crippen molar-refractivity contribution in [2.24, 2.45) is 0 Å². The maximum absolute atomic E-state index is 11.5. The Morgan fingerprint density at radius 3 is 2.94 bits per heavy atom. The van der Waals surface area contributed by atoms with Crippen LogP contribution in [0, 0.1) is 0 Å². The van der Waals surface area contributed by atoms with E-state index in [1.165, 1.54) is 25.0 Å². The third-order valence-corrected chi connectivity index (χ3v) is 4.04. The van der Waals surface area contributed by atoms with Crippen molar-refractivity contribution < 1.29 is 4.79 Å². The molecule has 17 heavy (non-hydrogen) atoms. The van der Waals surface area contributed by atoms with E-state index < -0.39 is 0 Å². The molecule has 0 bridgehead atoms. The molecule has 0 unspecified atom stereocenters. The van der Waals surface area contributed by atoms with Gasteiger partial charge in [0.2, 0.25) is 5.91 Å². The van der Waals surface area contributed by atoms with Crippen LogP contribution >= 0.6 is 11.6 Å². The molecule has 1 fully saturated rings. The SMILES string of the molecule is O=C(CCl)N1CCn2nc(C3CCC3)cc2C1. The Balaban J connectivity index is 1.77. The van der Waals surface area contributed by atoms with Gasteiger partial charge in [0, 0.05) is 12.5 Å². The van der Waals surface area contributed by atoms with E-state index in [4.69, 9.17) is 11.6 Å². The molecule has 0 aromatic carbocycles. The first-order valence-electron chi connectivity index (χ1n) is 6.18. The lowest BCUT2D eigenvalue weighted by Crippen LogP contribution is -2.39. The van der Waals surface area contributed by atoms with Crippen LogP contribution in [-0.4, -0.2) is 33.0 Å². The highest BCUT2D eigenvalue weighted by Gasteiger charge is 2.26. The van der Waals surface area contributed by atoms with Gasteiger partial charge in [-0.2, -0.15) is 5.10 Å². The quantitative estimate of drug-likeness (QED) is 0.753. The minimum Gasteiger partial charge on any atom is -0.334 e. The number of halogens is 1. The van der Waals surface area contributed by atoms with E-state index in [0.29, 0.717) is 12.5 Å². The van der Waals surface area contributed by atoms with Crippen LogP contribution < -0.4 is 0 Å². The molecule has 2 heterocycles. The standard InChI is InChI=1S/C12H16ClN3O/c13-7-12(17)15-4-5-16-10(8-15)6-11(14-16)9-2-1-3-9/h6,9H,1-5,7-8H2. The summed E-state index contributed by atoms with van der Waals surface area (Å²) in [5, 5.41) is 4.64. The fraction of sp³-hybridized carbons (Fsp3) is 0.667. The van der Waals surface area contributed by atoms with Gasteiger partial charge in [-0.3, -0.25) is 9.48 Å². The van der Waals surface area contributed by atoms with E-state index in [2.05, 4.69) is 11.2 Å². The van der Waals surface area contributed by atoms with Crippen molar-refractivity contribution in [3.63, 3.8) is 0 Å². The van der Waals surface area contributed by atoms with Gasteiger partial charge in [-0.05, 0) is 18.9 Å². The van der Waals surface area contributed by atoms with Gasteiger partial charge in [-0.15, -0.1) is 11.6 Å². The number of nitrogens with zero attached hydrogens (tertiary/aromatic N) is 3. The smallest absolute Gasteiger partial charge is 0.237 e. The molecule has 0 atom stereocenters. The first-order valence-corrected chi connectivity index (χ1v) is 6.72. The van der Waals surface area contributed by atoms with E-state index in [0.717, 1.165) is 18.8 Å². The van der Waals surface area contributed by atoms with Crippen molar-refractivity contribution in [1.29, 1.82) is 0 Å². The van der Waals surface area contributed by atoms with Crippen LogP contribution in [0.15, 0.2) is 6.07 Å². The number of hydrogen-bond donors (Lipinski definition) is 0. The first kappa shape index (κ1) is 11.1. The van der Waals surface area contributed by atoms with E-state index in [1.807, 2.05) is 9.58 Å². The van der Waals surface area contributed by atoms with E-state index in [-0.39, 0.29) is 11.8 Å². The molecule has 92 valence electrons. The topological polar surface area (TPSA) is 38.1 Å². The molecule has 1 saturated carbocycles. The van der Waals surface area contributed by atoms with Gasteiger partial charge in [-0.1, -0.05) is 6.42 Å². The zero-order valence-electron chi connectivity index (χ0n) is 9.73. The summed E-state index contributed by atoms with van der Waals surface area (Å²) in [7, 11) is 0. The second-order valence-corrected chi connectivity index (χ2v) is 5.13. The third kappa shape index (κ3) is 1.95. The molecule has 1 aliphatic heterocycles. The fourth-order valence-electron chi connectivity index (χ4n) is 2.49. The molecule has 1 aromatic rings. The molecule has 1 aliphatic carbocycles. The monoisotopic (exact) mass is 253 g/mol. The molecule has 4 nitrogen and oxygen atoms in total. The molecule has 1 aromatic heterocycles. The summed E-state index contributed by atoms with van der Waals surface area (Å²) in [6.07, 6.45) is 3.85. The van der Waals surface area contributed by atoms with Crippen LogP contribution in [0.3, 0.4) is 0 Å². The van der Waals surface area contributed by atoms with Crippen LogP contribution in [0.25, 0.3) is 0 Å². The normalized spacial score (nSPS) is 19.9. The molecule has 5 heteroatoms. The zero-order chi connectivity index (χ0) is 11.8. The Morgan fingerprint density at radius 1 is 1.47 bits per heavy atom. The predicted octanol–water partition coefficient (Wildman–Crippen LogP) is 1.73. The first-order chi connectivity index (χ1) is 8.28. The summed E-state index contributed by atoms with van der Waals surface area (Å²) >= 11 is 5.59. The van der Waals surface area contributed by atoms with Crippen LogP contribution in [0.1, 0.15) is 36.6 Å². The van der Waals surface area contributed by atoms with E-state index in [1.54, 1.807) is 0 Å². The lowest BCUT2D eigenvalue weighted by atomic mass is 9.83. The van der Waals surface area contributed by atoms with Gasteiger partial charge in [-0.25, -0.2) is 0 Å². The summed E-state index contributed by atoms with van der Waals surface area (Å²) in [5.74, 6) is 0.749. The second-order valence-electron chi connectivity index (χ2n) is 4.86. The molecule has 2 aliphatic rings. The number of aromatic nitrogens is 2. The largest absolute Gasteiger partial charge is 0.334 e. The molecule has 0 radical (unpaired) electrons. The number of fused-ring (bicyclic) bond motifs is 1. The molecular weight excluding hydrogens is 238 g/mol. The number of carbonyl (C=O) groups is 1. The van der Waals surface area contributed by atoms with Crippen molar-refractivity contribution >= 4 is 17.5 Å². The van der Waals surface area contributed by atoms with Gasteiger partial charge in [0.05, 0.1) is 24.5 Å². The minimum atomic E-state index is 0.0179. The summed E-state index contributed by atoms with van der Waals surface area (Å²) in [6, 6.07) is 2.16. The second kappa shape index (κ2) is 4.33. The summed E-state index contributed by atoms with van der Waals surface area (Å²) in [4.78, 5) is 13.4. The molecule has 0 N–H and O–H groups in total. The summed E-state index contributed by atoms with van der Waals surface area (Å²) in [6.45, 7) is 2.18. The van der Waals surface area contributed by atoms with Crippen molar-refractivity contribution in [3.05, 3.63) is 17.5 Å². The van der Waals surface area contributed by atoms with Crippen molar-refractivity contribution in [2.45, 2.75) is 38.3 Å². The lowest BCUT2D eigenvalue weighted by molar-refractivity contribution is -0.129. The minimum absolute atomic E-state index is 0.0179. The number of hydrogen-bond acceptors (Lipinski definition) is 2. The Bertz CT molecular complexity index is 439. The van der Waals surface area contributed by atoms with Crippen molar-refractivity contribution in [2.75, 3.05) is 12.4 Å². The van der Waals surface area contributed by atoms with E-state index >= 15 is 0 Å². The zero-order valence-corrected chi connectivity index (χ0v) is 10.5. The van der Waals surface area contributed by atoms with Crippen LogP contribution in [-0.2, 0) is 17.9 Å². The third-order valence-electron chi connectivity index (χ3n) is 3.81. The van der Waals surface area contributed by atoms with Gasteiger partial charge in [0.15, 0.2) is 0 Å². The molecule has 1 amide bonds. The number of rotatable bonds is 2. The number of amides is 1. The Morgan fingerprint density at radius 2 is 2.29 bits per heavy atom. The maximum atomic E-state index is 11.5. The highest BCUT2D eigenvalue weighted by molar-refractivity contribution is 6.27. The Kier molecular flexibility index (Phi) is 2.82. The van der Waals surface area contributed by atoms with Crippen LogP contribution in [0.5, 0.6) is 0 Å². The highest BCUT2D eigenvalue weighted by atomic mass is 35.5. The fourth-order valence-corrected chi connectivity index (χ4v) is 2.66. The van der Waals surface area contributed by atoms with Crippen LogP contribution in [0.2, 0.25) is 0 Å². The number of alkyl halides is 1.